The fourth-order valence-electron chi connectivity index (χ4n) is 1.61. The number of rotatable bonds is 1. The van der Waals surface area contributed by atoms with E-state index >= 15 is 0 Å². The molecule has 0 saturated carbocycles. The maximum Gasteiger partial charge on any atom is 0.416 e. The molecule has 0 spiro atoms. The van der Waals surface area contributed by atoms with Gasteiger partial charge in [-0.1, -0.05) is 11.6 Å². The van der Waals surface area contributed by atoms with Gasteiger partial charge in [-0.05, 0) is 12.1 Å². The molecule has 2 aromatic rings. The number of benzene rings is 1. The Bertz CT molecular complexity index is 736. The molecular weight excluding hydrogens is 287 g/mol. The Morgan fingerprint density at radius 1 is 1.32 bits per heavy atom. The highest BCUT2D eigenvalue weighted by Crippen LogP contribution is 2.33. The summed E-state index contributed by atoms with van der Waals surface area (Å²) in [7, 11) is 0. The summed E-state index contributed by atoms with van der Waals surface area (Å²) in [4.78, 5) is 24.9. The van der Waals surface area contributed by atoms with E-state index in [9.17, 15) is 22.8 Å². The quantitative estimate of drug-likeness (QED) is 0.848. The van der Waals surface area contributed by atoms with Crippen molar-refractivity contribution in [2.24, 2.45) is 0 Å². The van der Waals surface area contributed by atoms with Crippen molar-refractivity contribution in [3.05, 3.63) is 44.7 Å². The minimum Gasteiger partial charge on any atom is -0.477 e. The SMILES string of the molecule is O=C(O)c1c[nH]c2c(Cl)cc(C(F)(F)F)cc2c1=O. The standard InChI is InChI=1S/C11H5ClF3NO3/c12-7-2-4(11(13,14)15)1-5-8(7)16-3-6(9(5)17)10(18)19/h1-3H,(H,16,17)(H,18,19). The van der Waals surface area contributed by atoms with Crippen LogP contribution in [-0.4, -0.2) is 16.1 Å². The Labute approximate surface area is 108 Å². The summed E-state index contributed by atoms with van der Waals surface area (Å²) in [6.07, 6.45) is -3.78. The van der Waals surface area contributed by atoms with Gasteiger partial charge in [-0.25, -0.2) is 4.79 Å². The summed E-state index contributed by atoms with van der Waals surface area (Å²) in [6, 6.07) is 1.24. The lowest BCUT2D eigenvalue weighted by molar-refractivity contribution is -0.137. The number of H-pyrrole nitrogens is 1. The second-order valence-corrected chi connectivity index (χ2v) is 4.12. The molecule has 0 radical (unpaired) electrons. The summed E-state index contributed by atoms with van der Waals surface area (Å²) in [5, 5.41) is 8.02. The average Bonchev–Trinajstić information content (AvgIpc) is 2.28. The van der Waals surface area contributed by atoms with E-state index in [2.05, 4.69) is 4.98 Å². The van der Waals surface area contributed by atoms with Crippen molar-refractivity contribution in [3.8, 4) is 0 Å². The summed E-state index contributed by atoms with van der Waals surface area (Å²) in [6.45, 7) is 0. The van der Waals surface area contributed by atoms with Gasteiger partial charge in [-0.15, -0.1) is 0 Å². The number of hydrogen-bond donors (Lipinski definition) is 2. The van der Waals surface area contributed by atoms with E-state index in [-0.39, 0.29) is 10.5 Å². The number of carbonyl (C=O) groups is 1. The molecule has 1 aromatic heterocycles. The maximum absolute atomic E-state index is 12.6. The molecule has 0 aliphatic heterocycles. The van der Waals surface area contributed by atoms with E-state index in [0.717, 1.165) is 6.20 Å². The lowest BCUT2D eigenvalue weighted by atomic mass is 10.1. The van der Waals surface area contributed by atoms with Gasteiger partial charge >= 0.3 is 12.1 Å². The van der Waals surface area contributed by atoms with Crippen LogP contribution in [0.4, 0.5) is 13.2 Å². The molecule has 0 amide bonds. The molecule has 4 nitrogen and oxygen atoms in total. The fraction of sp³-hybridized carbons (Fsp3) is 0.0909. The van der Waals surface area contributed by atoms with Gasteiger partial charge in [0.1, 0.15) is 5.56 Å². The van der Waals surface area contributed by atoms with Gasteiger partial charge in [0.25, 0.3) is 0 Å². The van der Waals surface area contributed by atoms with Crippen LogP contribution in [0.2, 0.25) is 5.02 Å². The zero-order valence-electron chi connectivity index (χ0n) is 9.01. The Morgan fingerprint density at radius 2 is 1.95 bits per heavy atom. The van der Waals surface area contributed by atoms with Crippen molar-refractivity contribution in [2.45, 2.75) is 6.18 Å². The highest BCUT2D eigenvalue weighted by Gasteiger charge is 2.32. The Morgan fingerprint density at radius 3 is 2.47 bits per heavy atom. The van der Waals surface area contributed by atoms with E-state index in [1.54, 1.807) is 0 Å². The number of fused-ring (bicyclic) bond motifs is 1. The van der Waals surface area contributed by atoms with Gasteiger partial charge in [-0.2, -0.15) is 13.2 Å². The summed E-state index contributed by atoms with van der Waals surface area (Å²) in [5.41, 5.74) is -2.82. The molecule has 0 fully saturated rings. The second kappa shape index (κ2) is 4.27. The van der Waals surface area contributed by atoms with Crippen molar-refractivity contribution in [2.75, 3.05) is 0 Å². The first kappa shape index (κ1) is 13.4. The maximum atomic E-state index is 12.6. The Kier molecular flexibility index (Phi) is 3.01. The molecule has 19 heavy (non-hydrogen) atoms. The first-order valence-electron chi connectivity index (χ1n) is 4.87. The van der Waals surface area contributed by atoms with Crippen molar-refractivity contribution in [1.82, 2.24) is 4.98 Å². The van der Waals surface area contributed by atoms with Gasteiger partial charge in [0.2, 0.25) is 5.43 Å². The molecular formula is C11H5ClF3NO3. The summed E-state index contributed by atoms with van der Waals surface area (Å²) >= 11 is 5.65. The number of aromatic nitrogens is 1. The van der Waals surface area contributed by atoms with E-state index < -0.39 is 34.1 Å². The van der Waals surface area contributed by atoms with E-state index in [0.29, 0.717) is 12.1 Å². The minimum absolute atomic E-state index is 0.0373. The van der Waals surface area contributed by atoms with Crippen LogP contribution >= 0.6 is 11.6 Å². The molecule has 0 atom stereocenters. The first-order chi connectivity index (χ1) is 8.71. The smallest absolute Gasteiger partial charge is 0.416 e. The summed E-state index contributed by atoms with van der Waals surface area (Å²) in [5.74, 6) is -1.53. The van der Waals surface area contributed by atoms with Crippen LogP contribution in [0.25, 0.3) is 10.9 Å². The number of aromatic carboxylic acids is 1. The van der Waals surface area contributed by atoms with Crippen molar-refractivity contribution in [3.63, 3.8) is 0 Å². The fourth-order valence-corrected chi connectivity index (χ4v) is 1.88. The number of nitrogens with one attached hydrogen (secondary N) is 1. The lowest BCUT2D eigenvalue weighted by Gasteiger charge is -2.09. The third-order valence-electron chi connectivity index (χ3n) is 2.50. The number of alkyl halides is 3. The Balaban J connectivity index is 2.89. The molecule has 1 aromatic carbocycles. The molecule has 2 rings (SSSR count). The predicted molar refractivity (Wildman–Crippen MR) is 61.5 cm³/mol. The van der Waals surface area contributed by atoms with Crippen LogP contribution < -0.4 is 5.43 Å². The van der Waals surface area contributed by atoms with Crippen LogP contribution in [0.15, 0.2) is 23.1 Å². The van der Waals surface area contributed by atoms with Crippen LogP contribution in [-0.2, 0) is 6.18 Å². The van der Waals surface area contributed by atoms with E-state index in [4.69, 9.17) is 16.7 Å². The highest BCUT2D eigenvalue weighted by molar-refractivity contribution is 6.35. The molecule has 8 heteroatoms. The van der Waals surface area contributed by atoms with Crippen molar-refractivity contribution in [1.29, 1.82) is 0 Å². The molecule has 2 N–H and O–H groups in total. The molecule has 0 aliphatic rings. The number of carboxylic acids is 1. The zero-order chi connectivity index (χ0) is 14.4. The second-order valence-electron chi connectivity index (χ2n) is 3.72. The monoisotopic (exact) mass is 291 g/mol. The molecule has 0 bridgehead atoms. The molecule has 0 saturated heterocycles. The van der Waals surface area contributed by atoms with Crippen LogP contribution in [0, 0.1) is 0 Å². The normalized spacial score (nSPS) is 11.8. The number of carboxylic acid groups (broad SMARTS) is 1. The summed E-state index contributed by atoms with van der Waals surface area (Å²) < 4.78 is 37.8. The molecule has 100 valence electrons. The molecule has 0 aliphatic carbocycles. The number of pyridine rings is 1. The van der Waals surface area contributed by atoms with Gasteiger partial charge in [0, 0.05) is 11.6 Å². The van der Waals surface area contributed by atoms with Crippen molar-refractivity contribution < 1.29 is 23.1 Å². The zero-order valence-corrected chi connectivity index (χ0v) is 9.76. The lowest BCUT2D eigenvalue weighted by Crippen LogP contribution is -2.16. The van der Waals surface area contributed by atoms with Gasteiger partial charge < -0.3 is 10.1 Å². The van der Waals surface area contributed by atoms with Crippen LogP contribution in [0.5, 0.6) is 0 Å². The Hall–Kier alpha value is -2.02. The third kappa shape index (κ3) is 2.28. The van der Waals surface area contributed by atoms with Crippen LogP contribution in [0.1, 0.15) is 15.9 Å². The predicted octanol–water partition coefficient (Wildman–Crippen LogP) is 2.90. The van der Waals surface area contributed by atoms with Gasteiger partial charge in [-0.3, -0.25) is 4.79 Å². The molecule has 0 unspecified atom stereocenters. The molecule has 1 heterocycles. The largest absolute Gasteiger partial charge is 0.477 e. The van der Waals surface area contributed by atoms with Crippen LogP contribution in [0.3, 0.4) is 0 Å². The van der Waals surface area contributed by atoms with E-state index in [1.165, 1.54) is 0 Å². The van der Waals surface area contributed by atoms with Crippen molar-refractivity contribution >= 4 is 28.5 Å². The third-order valence-corrected chi connectivity index (χ3v) is 2.80. The van der Waals surface area contributed by atoms with E-state index in [1.807, 2.05) is 0 Å². The van der Waals surface area contributed by atoms with Gasteiger partial charge in [0.15, 0.2) is 0 Å². The van der Waals surface area contributed by atoms with Gasteiger partial charge in [0.05, 0.1) is 16.1 Å². The topological polar surface area (TPSA) is 70.2 Å². The number of halogens is 4. The first-order valence-corrected chi connectivity index (χ1v) is 5.25. The average molecular weight is 292 g/mol. The number of hydrogen-bond acceptors (Lipinski definition) is 2. The highest BCUT2D eigenvalue weighted by atomic mass is 35.5. The minimum atomic E-state index is -4.68. The number of aromatic amines is 1.